The van der Waals surface area contributed by atoms with Gasteiger partial charge in [-0.1, -0.05) is 12.1 Å². The normalized spacial score (nSPS) is 24.1. The van der Waals surface area contributed by atoms with Crippen LogP contribution in [0.5, 0.6) is 5.75 Å². The van der Waals surface area contributed by atoms with E-state index >= 15 is 0 Å². The second-order valence-corrected chi connectivity index (χ2v) is 4.76. The first-order valence-electron chi connectivity index (χ1n) is 5.52. The van der Waals surface area contributed by atoms with E-state index in [9.17, 15) is 0 Å². The second-order valence-electron chi connectivity index (χ2n) is 4.76. The van der Waals surface area contributed by atoms with Gasteiger partial charge in [0.15, 0.2) is 0 Å². The molecule has 15 heavy (non-hydrogen) atoms. The van der Waals surface area contributed by atoms with Crippen molar-refractivity contribution in [1.29, 1.82) is 0 Å². The number of benzene rings is 1. The summed E-state index contributed by atoms with van der Waals surface area (Å²) in [5, 5.41) is 3.54. The molecule has 0 amide bonds. The number of hydrogen-bond donors (Lipinski definition) is 1. The minimum Gasteiger partial charge on any atom is -0.497 e. The Balaban J connectivity index is 2.22. The van der Waals surface area contributed by atoms with Crippen LogP contribution >= 0.6 is 0 Å². The van der Waals surface area contributed by atoms with Gasteiger partial charge in [0.05, 0.1) is 7.11 Å². The summed E-state index contributed by atoms with van der Waals surface area (Å²) in [6, 6.07) is 8.45. The SMILES string of the molecule is COc1ccc(C2CCNC2(C)C)cc1. The third-order valence-corrected chi connectivity index (χ3v) is 3.40. The molecular weight excluding hydrogens is 186 g/mol. The van der Waals surface area contributed by atoms with Crippen LogP contribution < -0.4 is 10.1 Å². The van der Waals surface area contributed by atoms with E-state index in [1.54, 1.807) is 7.11 Å². The van der Waals surface area contributed by atoms with Gasteiger partial charge in [-0.3, -0.25) is 0 Å². The van der Waals surface area contributed by atoms with Gasteiger partial charge in [0, 0.05) is 11.5 Å². The molecule has 0 radical (unpaired) electrons. The highest BCUT2D eigenvalue weighted by Crippen LogP contribution is 2.35. The Morgan fingerprint density at radius 2 is 1.93 bits per heavy atom. The molecule has 0 bridgehead atoms. The van der Waals surface area contributed by atoms with E-state index in [2.05, 4.69) is 31.3 Å². The first-order chi connectivity index (χ1) is 7.13. The van der Waals surface area contributed by atoms with Crippen molar-refractivity contribution in [3.8, 4) is 5.75 Å². The molecule has 1 atom stereocenters. The Morgan fingerprint density at radius 1 is 1.27 bits per heavy atom. The fourth-order valence-electron chi connectivity index (χ4n) is 2.44. The monoisotopic (exact) mass is 205 g/mol. The standard InChI is InChI=1S/C13H19NO/c1-13(2)12(8-9-14-13)10-4-6-11(15-3)7-5-10/h4-7,12,14H,8-9H2,1-3H3. The summed E-state index contributed by atoms with van der Waals surface area (Å²) in [6.07, 6.45) is 1.22. The molecule has 1 aliphatic heterocycles. The van der Waals surface area contributed by atoms with Crippen molar-refractivity contribution in [2.24, 2.45) is 0 Å². The van der Waals surface area contributed by atoms with Crippen molar-refractivity contribution in [3.05, 3.63) is 29.8 Å². The number of rotatable bonds is 2. The zero-order valence-electron chi connectivity index (χ0n) is 9.71. The van der Waals surface area contributed by atoms with Gasteiger partial charge in [0.1, 0.15) is 5.75 Å². The van der Waals surface area contributed by atoms with E-state index in [1.165, 1.54) is 12.0 Å². The van der Waals surface area contributed by atoms with Gasteiger partial charge in [-0.15, -0.1) is 0 Å². The maximum atomic E-state index is 5.17. The van der Waals surface area contributed by atoms with Gasteiger partial charge in [-0.05, 0) is 44.5 Å². The first kappa shape index (κ1) is 10.5. The second kappa shape index (κ2) is 3.86. The van der Waals surface area contributed by atoms with Crippen LogP contribution in [0.4, 0.5) is 0 Å². The topological polar surface area (TPSA) is 21.3 Å². The van der Waals surface area contributed by atoms with Crippen LogP contribution in [-0.4, -0.2) is 19.2 Å². The largest absolute Gasteiger partial charge is 0.497 e. The van der Waals surface area contributed by atoms with Gasteiger partial charge in [-0.25, -0.2) is 0 Å². The van der Waals surface area contributed by atoms with Crippen LogP contribution in [0.3, 0.4) is 0 Å². The highest BCUT2D eigenvalue weighted by Gasteiger charge is 2.34. The molecule has 1 heterocycles. The minimum atomic E-state index is 0.217. The first-order valence-corrected chi connectivity index (χ1v) is 5.52. The zero-order valence-corrected chi connectivity index (χ0v) is 9.71. The quantitative estimate of drug-likeness (QED) is 0.801. The fraction of sp³-hybridized carbons (Fsp3) is 0.538. The molecule has 1 unspecified atom stereocenters. The molecule has 1 aliphatic rings. The summed E-state index contributed by atoms with van der Waals surface area (Å²) < 4.78 is 5.17. The predicted molar refractivity (Wildman–Crippen MR) is 62.4 cm³/mol. The average Bonchev–Trinajstić information content (AvgIpc) is 2.58. The van der Waals surface area contributed by atoms with Crippen molar-refractivity contribution < 1.29 is 4.74 Å². The molecule has 0 aliphatic carbocycles. The molecule has 82 valence electrons. The molecule has 2 heteroatoms. The highest BCUT2D eigenvalue weighted by molar-refractivity contribution is 5.32. The molecule has 0 aromatic heterocycles. The predicted octanol–water partition coefficient (Wildman–Crippen LogP) is 2.55. The van der Waals surface area contributed by atoms with Crippen LogP contribution in [0.15, 0.2) is 24.3 Å². The molecule has 2 rings (SSSR count). The number of methoxy groups -OCH3 is 1. The fourth-order valence-corrected chi connectivity index (χ4v) is 2.44. The van der Waals surface area contributed by atoms with Gasteiger partial charge in [-0.2, -0.15) is 0 Å². The van der Waals surface area contributed by atoms with Gasteiger partial charge >= 0.3 is 0 Å². The zero-order chi connectivity index (χ0) is 10.9. The maximum Gasteiger partial charge on any atom is 0.118 e. The van der Waals surface area contributed by atoms with Crippen molar-refractivity contribution in [1.82, 2.24) is 5.32 Å². The van der Waals surface area contributed by atoms with E-state index in [1.807, 2.05) is 12.1 Å². The lowest BCUT2D eigenvalue weighted by molar-refractivity contribution is 0.406. The van der Waals surface area contributed by atoms with Crippen LogP contribution in [0.1, 0.15) is 31.7 Å². The molecule has 1 N–H and O–H groups in total. The summed E-state index contributed by atoms with van der Waals surface area (Å²) in [5.74, 6) is 1.55. The maximum absolute atomic E-state index is 5.17. The lowest BCUT2D eigenvalue weighted by Crippen LogP contribution is -2.36. The lowest BCUT2D eigenvalue weighted by atomic mass is 9.83. The number of nitrogens with one attached hydrogen (secondary N) is 1. The van der Waals surface area contributed by atoms with Gasteiger partial charge in [0.2, 0.25) is 0 Å². The van der Waals surface area contributed by atoms with Crippen LogP contribution in [0.2, 0.25) is 0 Å². The van der Waals surface area contributed by atoms with E-state index in [0.717, 1.165) is 12.3 Å². The molecule has 2 nitrogen and oxygen atoms in total. The Bertz CT molecular complexity index is 329. The minimum absolute atomic E-state index is 0.217. The Hall–Kier alpha value is -1.02. The van der Waals surface area contributed by atoms with Crippen molar-refractivity contribution in [3.63, 3.8) is 0 Å². The third kappa shape index (κ3) is 2.00. The molecule has 1 aromatic carbocycles. The van der Waals surface area contributed by atoms with Crippen molar-refractivity contribution >= 4 is 0 Å². The smallest absolute Gasteiger partial charge is 0.118 e. The number of hydrogen-bond acceptors (Lipinski definition) is 2. The third-order valence-electron chi connectivity index (χ3n) is 3.40. The molecular formula is C13H19NO. The molecule has 0 spiro atoms. The Labute approximate surface area is 91.6 Å². The van der Waals surface area contributed by atoms with Crippen LogP contribution in [-0.2, 0) is 0 Å². The Morgan fingerprint density at radius 3 is 2.40 bits per heavy atom. The van der Waals surface area contributed by atoms with E-state index in [-0.39, 0.29) is 5.54 Å². The Kier molecular flexibility index (Phi) is 2.70. The summed E-state index contributed by atoms with van der Waals surface area (Å²) in [5.41, 5.74) is 1.63. The highest BCUT2D eigenvalue weighted by atomic mass is 16.5. The van der Waals surface area contributed by atoms with Crippen molar-refractivity contribution in [2.45, 2.75) is 31.7 Å². The van der Waals surface area contributed by atoms with Gasteiger partial charge < -0.3 is 10.1 Å². The van der Waals surface area contributed by atoms with Crippen LogP contribution in [0, 0.1) is 0 Å². The van der Waals surface area contributed by atoms with E-state index < -0.39 is 0 Å². The lowest BCUT2D eigenvalue weighted by Gasteiger charge is -2.27. The van der Waals surface area contributed by atoms with Crippen LogP contribution in [0.25, 0.3) is 0 Å². The van der Waals surface area contributed by atoms with Gasteiger partial charge in [0.25, 0.3) is 0 Å². The van der Waals surface area contributed by atoms with Crippen molar-refractivity contribution in [2.75, 3.05) is 13.7 Å². The molecule has 1 fully saturated rings. The van der Waals surface area contributed by atoms with E-state index in [4.69, 9.17) is 4.74 Å². The number of ether oxygens (including phenoxy) is 1. The summed E-state index contributed by atoms with van der Waals surface area (Å²) in [7, 11) is 1.70. The summed E-state index contributed by atoms with van der Waals surface area (Å²) in [4.78, 5) is 0. The summed E-state index contributed by atoms with van der Waals surface area (Å²) in [6.45, 7) is 5.66. The summed E-state index contributed by atoms with van der Waals surface area (Å²) >= 11 is 0. The molecule has 1 aromatic rings. The van der Waals surface area contributed by atoms with E-state index in [0.29, 0.717) is 5.92 Å². The average molecular weight is 205 g/mol. The molecule has 0 saturated carbocycles. The molecule has 1 saturated heterocycles.